The van der Waals surface area contributed by atoms with Gasteiger partial charge in [0.05, 0.1) is 12.3 Å². The van der Waals surface area contributed by atoms with Crippen LogP contribution in [-0.4, -0.2) is 42.8 Å². The van der Waals surface area contributed by atoms with E-state index in [2.05, 4.69) is 4.98 Å². The first-order chi connectivity index (χ1) is 12.3. The first-order valence-corrected chi connectivity index (χ1v) is 8.02. The molecule has 6 nitrogen and oxygen atoms in total. The van der Waals surface area contributed by atoms with Gasteiger partial charge in [-0.05, 0) is 35.9 Å². The zero-order chi connectivity index (χ0) is 17.5. The second-order valence-electron chi connectivity index (χ2n) is 5.53. The van der Waals surface area contributed by atoms with Crippen LogP contribution < -0.4 is 9.47 Å². The number of aromatic nitrogens is 1. The van der Waals surface area contributed by atoms with Crippen LogP contribution in [0.3, 0.4) is 0 Å². The Labute approximate surface area is 146 Å². The molecule has 25 heavy (non-hydrogen) atoms. The maximum absolute atomic E-state index is 12.6. The average molecular weight is 340 g/mol. The summed E-state index contributed by atoms with van der Waals surface area (Å²) in [6.07, 6.45) is 4.94. The number of ether oxygens (including phenoxy) is 3. The number of methoxy groups -OCH3 is 1. The topological polar surface area (TPSA) is 60.9 Å². The summed E-state index contributed by atoms with van der Waals surface area (Å²) < 4.78 is 15.8. The highest BCUT2D eigenvalue weighted by Gasteiger charge is 2.16. The average Bonchev–Trinajstić information content (AvgIpc) is 3.11. The number of carbonyl (C=O) groups excluding carboxylic acids is 1. The molecular weight excluding hydrogens is 320 g/mol. The molecule has 3 rings (SSSR count). The second kappa shape index (κ2) is 8.30. The van der Waals surface area contributed by atoms with Crippen molar-refractivity contribution >= 4 is 12.0 Å². The summed E-state index contributed by atoms with van der Waals surface area (Å²) in [5.41, 5.74) is 1.71. The fourth-order valence-corrected chi connectivity index (χ4v) is 2.46. The van der Waals surface area contributed by atoms with Crippen LogP contribution in [0.1, 0.15) is 11.3 Å². The summed E-state index contributed by atoms with van der Waals surface area (Å²) in [6.45, 7) is 1.66. The standard InChI is InChI=1S/C19H20N2O4/c1-23-11-10-21(19(22)8-6-16-4-2-3-9-20-16)13-15-5-7-17-18(12-15)25-14-24-17/h2-9,12H,10-11,13-14H2,1H3/b8-6+. The molecule has 1 aliphatic rings. The fourth-order valence-electron chi connectivity index (χ4n) is 2.46. The van der Waals surface area contributed by atoms with E-state index in [1.165, 1.54) is 6.08 Å². The Balaban J connectivity index is 1.70. The van der Waals surface area contributed by atoms with Gasteiger partial charge in [0.2, 0.25) is 12.7 Å². The molecule has 0 unspecified atom stereocenters. The number of carbonyl (C=O) groups is 1. The van der Waals surface area contributed by atoms with Gasteiger partial charge < -0.3 is 19.1 Å². The van der Waals surface area contributed by atoms with E-state index in [9.17, 15) is 4.79 Å². The van der Waals surface area contributed by atoms with Crippen LogP contribution in [0.25, 0.3) is 6.08 Å². The van der Waals surface area contributed by atoms with Crippen LogP contribution in [0, 0.1) is 0 Å². The van der Waals surface area contributed by atoms with Gasteiger partial charge in [0.1, 0.15) is 0 Å². The minimum Gasteiger partial charge on any atom is -0.454 e. The summed E-state index contributed by atoms with van der Waals surface area (Å²) in [5.74, 6) is 1.34. The maximum atomic E-state index is 12.6. The summed E-state index contributed by atoms with van der Waals surface area (Å²) in [6, 6.07) is 11.3. The number of hydrogen-bond acceptors (Lipinski definition) is 5. The Bertz CT molecular complexity index is 746. The highest BCUT2D eigenvalue weighted by Crippen LogP contribution is 2.32. The van der Waals surface area contributed by atoms with E-state index < -0.39 is 0 Å². The van der Waals surface area contributed by atoms with Gasteiger partial charge in [-0.25, -0.2) is 0 Å². The SMILES string of the molecule is COCCN(Cc1ccc2c(c1)OCO2)C(=O)/C=C/c1ccccn1. The Kier molecular flexibility index (Phi) is 5.64. The molecule has 1 aromatic carbocycles. The van der Waals surface area contributed by atoms with Gasteiger partial charge >= 0.3 is 0 Å². The van der Waals surface area contributed by atoms with E-state index in [1.807, 2.05) is 36.4 Å². The molecule has 2 aromatic rings. The number of fused-ring (bicyclic) bond motifs is 1. The molecule has 0 atom stereocenters. The molecule has 0 saturated heterocycles. The van der Waals surface area contributed by atoms with Gasteiger partial charge in [-0.2, -0.15) is 0 Å². The first kappa shape index (κ1) is 17.0. The summed E-state index contributed by atoms with van der Waals surface area (Å²) in [4.78, 5) is 18.5. The van der Waals surface area contributed by atoms with Gasteiger partial charge in [-0.15, -0.1) is 0 Å². The van der Waals surface area contributed by atoms with Crippen molar-refractivity contribution < 1.29 is 19.0 Å². The lowest BCUT2D eigenvalue weighted by molar-refractivity contribution is -0.127. The molecule has 0 radical (unpaired) electrons. The lowest BCUT2D eigenvalue weighted by Gasteiger charge is -2.21. The molecule has 1 aliphatic heterocycles. The van der Waals surface area contributed by atoms with Crippen LogP contribution in [0.15, 0.2) is 48.7 Å². The molecule has 0 N–H and O–H groups in total. The van der Waals surface area contributed by atoms with Crippen LogP contribution in [0.4, 0.5) is 0 Å². The van der Waals surface area contributed by atoms with Crippen LogP contribution in [-0.2, 0) is 16.1 Å². The smallest absolute Gasteiger partial charge is 0.247 e. The number of benzene rings is 1. The van der Waals surface area contributed by atoms with E-state index in [0.29, 0.717) is 25.4 Å². The third-order valence-electron chi connectivity index (χ3n) is 3.77. The van der Waals surface area contributed by atoms with Crippen molar-refractivity contribution in [2.45, 2.75) is 6.54 Å². The van der Waals surface area contributed by atoms with Crippen molar-refractivity contribution in [3.63, 3.8) is 0 Å². The van der Waals surface area contributed by atoms with Gasteiger partial charge in [-0.3, -0.25) is 9.78 Å². The molecule has 0 spiro atoms. The van der Waals surface area contributed by atoms with Gasteiger partial charge in [0.25, 0.3) is 0 Å². The number of amides is 1. The number of rotatable bonds is 7. The summed E-state index contributed by atoms with van der Waals surface area (Å²) >= 11 is 0. The van der Waals surface area contributed by atoms with Crippen molar-refractivity contribution in [3.05, 3.63) is 59.9 Å². The normalized spacial score (nSPS) is 12.5. The van der Waals surface area contributed by atoms with Gasteiger partial charge in [0.15, 0.2) is 11.5 Å². The minimum absolute atomic E-state index is 0.0969. The van der Waals surface area contributed by atoms with Gasteiger partial charge in [0, 0.05) is 32.5 Å². The van der Waals surface area contributed by atoms with E-state index in [1.54, 1.807) is 24.3 Å². The monoisotopic (exact) mass is 340 g/mol. The largest absolute Gasteiger partial charge is 0.454 e. The van der Waals surface area contributed by atoms with E-state index in [0.717, 1.165) is 17.0 Å². The van der Waals surface area contributed by atoms with Crippen LogP contribution in [0.2, 0.25) is 0 Å². The molecule has 130 valence electrons. The molecule has 6 heteroatoms. The van der Waals surface area contributed by atoms with Crippen LogP contribution >= 0.6 is 0 Å². The highest BCUT2D eigenvalue weighted by atomic mass is 16.7. The number of hydrogen-bond donors (Lipinski definition) is 0. The molecule has 0 bridgehead atoms. The van der Waals surface area contributed by atoms with Gasteiger partial charge in [-0.1, -0.05) is 12.1 Å². The quantitative estimate of drug-likeness (QED) is 0.725. The molecule has 0 aliphatic carbocycles. The molecule has 1 aromatic heterocycles. The first-order valence-electron chi connectivity index (χ1n) is 8.02. The minimum atomic E-state index is -0.0969. The predicted octanol–water partition coefficient (Wildman–Crippen LogP) is 2.50. The van der Waals surface area contributed by atoms with E-state index >= 15 is 0 Å². The Morgan fingerprint density at radius 3 is 2.96 bits per heavy atom. The van der Waals surface area contributed by atoms with E-state index in [4.69, 9.17) is 14.2 Å². The number of pyridine rings is 1. The van der Waals surface area contributed by atoms with Crippen molar-refractivity contribution in [2.24, 2.45) is 0 Å². The zero-order valence-electron chi connectivity index (χ0n) is 14.1. The predicted molar refractivity (Wildman–Crippen MR) is 93.1 cm³/mol. The second-order valence-corrected chi connectivity index (χ2v) is 5.53. The third-order valence-corrected chi connectivity index (χ3v) is 3.77. The maximum Gasteiger partial charge on any atom is 0.247 e. The Morgan fingerprint density at radius 2 is 2.16 bits per heavy atom. The van der Waals surface area contributed by atoms with Crippen molar-refractivity contribution in [1.82, 2.24) is 9.88 Å². The molecule has 2 heterocycles. The summed E-state index contributed by atoms with van der Waals surface area (Å²) in [5, 5.41) is 0. The molecule has 0 fully saturated rings. The fraction of sp³-hybridized carbons (Fsp3) is 0.263. The zero-order valence-corrected chi connectivity index (χ0v) is 14.1. The van der Waals surface area contributed by atoms with Crippen molar-refractivity contribution in [1.29, 1.82) is 0 Å². The summed E-state index contributed by atoms with van der Waals surface area (Å²) in [7, 11) is 1.62. The van der Waals surface area contributed by atoms with Crippen molar-refractivity contribution in [3.8, 4) is 11.5 Å². The molecule has 1 amide bonds. The van der Waals surface area contributed by atoms with Crippen LogP contribution in [0.5, 0.6) is 11.5 Å². The van der Waals surface area contributed by atoms with Crippen molar-refractivity contribution in [2.75, 3.05) is 27.1 Å². The van der Waals surface area contributed by atoms with E-state index in [-0.39, 0.29) is 12.7 Å². The lowest BCUT2D eigenvalue weighted by atomic mass is 10.2. The molecule has 0 saturated carbocycles. The Morgan fingerprint density at radius 1 is 1.28 bits per heavy atom. The lowest BCUT2D eigenvalue weighted by Crippen LogP contribution is -2.32. The highest BCUT2D eigenvalue weighted by molar-refractivity contribution is 5.91. The Hall–Kier alpha value is -2.86. The molecular formula is C19H20N2O4. The third kappa shape index (κ3) is 4.58. The number of nitrogens with zero attached hydrogens (tertiary/aromatic N) is 2.